The number of fused-ring (bicyclic) bond motifs is 2. The molecule has 19 heteroatoms. The number of rotatable bonds is 9. The normalized spacial score (nSPS) is 18.8. The summed E-state index contributed by atoms with van der Waals surface area (Å²) in [6.45, 7) is 2.49. The van der Waals surface area contributed by atoms with Gasteiger partial charge in [0.05, 0.1) is 23.8 Å². The first-order valence-corrected chi connectivity index (χ1v) is 13.4. The summed E-state index contributed by atoms with van der Waals surface area (Å²) in [5.74, 6) is -4.77. The summed E-state index contributed by atoms with van der Waals surface area (Å²) >= 11 is 2.02. The van der Waals surface area contributed by atoms with Crippen LogP contribution in [0.2, 0.25) is 0 Å². The number of thioether (sulfide) groups is 1. The third-order valence-corrected chi connectivity index (χ3v) is 7.94. The van der Waals surface area contributed by atoms with Gasteiger partial charge in [-0.25, -0.2) is 4.57 Å². The minimum atomic E-state index is -1.90. The van der Waals surface area contributed by atoms with E-state index in [-0.39, 0.29) is 58.5 Å². The summed E-state index contributed by atoms with van der Waals surface area (Å²) in [6, 6.07) is 2.43. The van der Waals surface area contributed by atoms with Crippen LogP contribution in [0.5, 0.6) is 0 Å². The van der Waals surface area contributed by atoms with Crippen molar-refractivity contribution in [2.45, 2.75) is 37.4 Å². The smallest absolute Gasteiger partial charge is 0.546 e. The number of nitrogens with two attached hydrogens (primary N) is 1. The monoisotopic (exact) mass is 609 g/mol. The van der Waals surface area contributed by atoms with Crippen molar-refractivity contribution in [3.8, 4) is 0 Å². The largest absolute Gasteiger partial charge is 1.00 e. The first kappa shape index (κ1) is 30.4. The fourth-order valence-electron chi connectivity index (χ4n) is 3.99. The van der Waals surface area contributed by atoms with E-state index in [0.717, 1.165) is 30.3 Å². The number of amides is 2. The van der Waals surface area contributed by atoms with E-state index >= 15 is 0 Å². The number of carbonyl (C=O) groups excluding carboxylic acids is 4. The van der Waals surface area contributed by atoms with E-state index in [2.05, 4.69) is 24.9 Å². The van der Waals surface area contributed by atoms with Gasteiger partial charge in [0.15, 0.2) is 16.9 Å². The standard InChI is InChI=1S/C22H21N9O7S2.Na/c1-22(2,20(36)37)38-27-12(15-26-21(23)40-28-15)16(32)25-13-17(33)31-14(19(34)35)10(9-39-18(13)31)8-29-6-7-30-11(29)4-3-5-24-30;/h3-7,13,18H,8-9H2,1-2H3,(H4-,23,25,26,28,32,34,35,36,37);/q;+1/p-1/b27-12+;/t13-,18-;/m1./s1. The molecule has 0 radical (unpaired) electrons. The van der Waals surface area contributed by atoms with Gasteiger partial charge in [0.2, 0.25) is 11.5 Å². The van der Waals surface area contributed by atoms with E-state index in [9.17, 15) is 29.4 Å². The summed E-state index contributed by atoms with van der Waals surface area (Å²) in [7, 11) is 0. The van der Waals surface area contributed by atoms with Crippen molar-refractivity contribution in [1.29, 1.82) is 0 Å². The summed E-state index contributed by atoms with van der Waals surface area (Å²) in [6.07, 6.45) is 5.07. The molecule has 41 heavy (non-hydrogen) atoms. The van der Waals surface area contributed by atoms with Crippen molar-refractivity contribution in [2.75, 3.05) is 11.5 Å². The van der Waals surface area contributed by atoms with E-state index in [1.54, 1.807) is 33.7 Å². The molecule has 5 rings (SSSR count). The van der Waals surface area contributed by atoms with Gasteiger partial charge >= 0.3 is 35.2 Å². The van der Waals surface area contributed by atoms with E-state index in [4.69, 9.17) is 10.6 Å². The van der Waals surface area contributed by atoms with Crippen molar-refractivity contribution >= 4 is 63.5 Å². The molecule has 2 amide bonds. The number of carboxylic acid groups (broad SMARTS) is 2. The number of carboxylic acids is 2. The maximum Gasteiger partial charge on any atom is 1.00 e. The Morgan fingerprint density at radius 2 is 2.10 bits per heavy atom. The Morgan fingerprint density at radius 3 is 2.76 bits per heavy atom. The molecule has 1 saturated heterocycles. The summed E-state index contributed by atoms with van der Waals surface area (Å²) in [4.78, 5) is 59.6. The first-order valence-electron chi connectivity index (χ1n) is 11.6. The Bertz CT molecular complexity index is 1620. The van der Waals surface area contributed by atoms with Gasteiger partial charge in [0.25, 0.3) is 11.8 Å². The maximum absolute atomic E-state index is 13.1. The van der Waals surface area contributed by atoms with Crippen LogP contribution in [-0.2, 0) is 30.6 Å². The molecule has 2 aliphatic heterocycles. The maximum atomic E-state index is 13.1. The van der Waals surface area contributed by atoms with Gasteiger partial charge in [-0.15, -0.1) is 16.3 Å². The minimum absolute atomic E-state index is 0. The Labute approximate surface area is 261 Å². The molecule has 0 unspecified atom stereocenters. The van der Waals surface area contributed by atoms with Crippen LogP contribution in [0.25, 0.3) is 5.65 Å². The number of hydrogen-bond donors (Lipinski definition) is 2. The molecule has 2 aliphatic rings. The minimum Gasteiger partial charge on any atom is -0.546 e. The molecule has 3 N–H and O–H groups in total. The molecular formula is C22H20N9NaO7S2. The Balaban J connectivity index is 0.00000387. The number of carbonyl (C=O) groups is 4. The molecule has 1 fully saturated rings. The van der Waals surface area contributed by atoms with Crippen LogP contribution in [-0.4, -0.2) is 76.1 Å². The zero-order valence-corrected chi connectivity index (χ0v) is 25.5. The van der Waals surface area contributed by atoms with E-state index < -0.39 is 46.5 Å². The van der Waals surface area contributed by atoms with Crippen LogP contribution in [0.3, 0.4) is 0 Å². The van der Waals surface area contributed by atoms with Gasteiger partial charge in [-0.1, -0.05) is 10.3 Å². The number of hydrogen-bond acceptors (Lipinski definition) is 14. The Hall–Kier alpha value is -3.58. The van der Waals surface area contributed by atoms with Crippen LogP contribution >= 0.6 is 23.3 Å². The molecule has 16 nitrogen and oxygen atoms in total. The van der Waals surface area contributed by atoms with E-state index in [1.165, 1.54) is 11.8 Å². The molecular weight excluding hydrogens is 589 g/mol. The summed E-state index contributed by atoms with van der Waals surface area (Å²) < 4.78 is 7.32. The van der Waals surface area contributed by atoms with Crippen LogP contribution in [0.15, 0.2) is 47.1 Å². The predicted molar refractivity (Wildman–Crippen MR) is 133 cm³/mol. The second kappa shape index (κ2) is 11.7. The van der Waals surface area contributed by atoms with E-state index in [1.807, 2.05) is 6.07 Å². The fourth-order valence-corrected chi connectivity index (χ4v) is 5.76. The van der Waals surface area contributed by atoms with Gasteiger partial charge < -0.3 is 35.7 Å². The third kappa shape index (κ3) is 5.78. The van der Waals surface area contributed by atoms with Crippen LogP contribution < -0.4 is 55.4 Å². The summed E-state index contributed by atoms with van der Waals surface area (Å²) in [5.41, 5.74) is 4.07. The number of oxime groups is 1. The van der Waals surface area contributed by atoms with Crippen molar-refractivity contribution in [3.63, 3.8) is 0 Å². The second-order valence-corrected chi connectivity index (χ2v) is 11.0. The quantitative estimate of drug-likeness (QED) is 0.0759. The van der Waals surface area contributed by atoms with Crippen molar-refractivity contribution in [2.24, 2.45) is 5.16 Å². The van der Waals surface area contributed by atoms with Gasteiger partial charge in [-0.05, 0) is 19.9 Å². The molecule has 0 bridgehead atoms. The van der Waals surface area contributed by atoms with Crippen LogP contribution in [0.1, 0.15) is 19.7 Å². The zero-order chi connectivity index (χ0) is 28.8. The predicted octanol–water partition coefficient (Wildman–Crippen LogP) is -6.59. The SMILES string of the molecule is CC(C)(O/N=C(/C(=O)N[C@@H]1C(=O)N2C(C(=O)[O-])=C(C[n+]3ccn4ncccc43)CS[C@H]12)c1nsc(N)n1)C(=O)[O-].[Na+]. The Morgan fingerprint density at radius 1 is 1.34 bits per heavy atom. The topological polar surface area (TPSA) is 224 Å². The number of nitrogens with one attached hydrogen (secondary N) is 1. The number of imidazole rings is 1. The summed E-state index contributed by atoms with van der Waals surface area (Å²) in [5, 5.41) is 33.0. The number of β-lactam (4-membered cyclic amide) rings is 1. The molecule has 208 valence electrons. The molecule has 2 atom stereocenters. The molecule has 3 aromatic heterocycles. The molecule has 0 aliphatic carbocycles. The molecule has 0 saturated carbocycles. The second-order valence-electron chi connectivity index (χ2n) is 9.14. The third-order valence-electron chi connectivity index (χ3n) is 6.05. The average molecular weight is 610 g/mol. The van der Waals surface area contributed by atoms with Crippen molar-refractivity contribution in [3.05, 3.63) is 47.8 Å². The number of aromatic nitrogens is 5. The van der Waals surface area contributed by atoms with Crippen molar-refractivity contribution < 1.29 is 68.4 Å². The number of nitrogens with zero attached hydrogens (tertiary/aromatic N) is 7. The average Bonchev–Trinajstić information content (AvgIpc) is 3.53. The fraction of sp³-hybridized carbons (Fsp3) is 0.318. The molecule has 3 aromatic rings. The molecule has 0 aromatic carbocycles. The zero-order valence-electron chi connectivity index (χ0n) is 21.8. The first-order chi connectivity index (χ1) is 19.0. The van der Waals surface area contributed by atoms with Gasteiger partial charge in [0, 0.05) is 28.9 Å². The number of anilines is 1. The number of nitrogen functional groups attached to an aromatic ring is 1. The van der Waals surface area contributed by atoms with Gasteiger partial charge in [-0.3, -0.25) is 14.5 Å². The Kier molecular flexibility index (Phi) is 8.69. The van der Waals surface area contributed by atoms with Crippen LogP contribution in [0.4, 0.5) is 5.13 Å². The van der Waals surface area contributed by atoms with E-state index in [0.29, 0.717) is 11.2 Å². The molecule has 0 spiro atoms. The van der Waals surface area contributed by atoms with Crippen LogP contribution in [0, 0.1) is 0 Å². The number of aliphatic carboxylic acids is 2. The van der Waals surface area contributed by atoms with Gasteiger partial charge in [0.1, 0.15) is 24.2 Å². The van der Waals surface area contributed by atoms with Crippen molar-refractivity contribution in [1.82, 2.24) is 29.2 Å². The molecule has 5 heterocycles. The van der Waals surface area contributed by atoms with Gasteiger partial charge in [-0.2, -0.15) is 9.36 Å².